The van der Waals surface area contributed by atoms with Crippen molar-refractivity contribution >= 4 is 34.7 Å². The number of nitrogens with zero attached hydrogens (tertiary/aromatic N) is 1. The first kappa shape index (κ1) is 16.2. The number of hydrogen-bond donors (Lipinski definition) is 2. The molecule has 0 amide bonds. The Labute approximate surface area is 147 Å². The highest BCUT2D eigenvalue weighted by Crippen LogP contribution is 2.41. The molecule has 0 saturated heterocycles. The molecule has 1 aliphatic rings. The maximum atomic E-state index is 6.44. The molecule has 1 aromatic carbocycles. The van der Waals surface area contributed by atoms with Crippen LogP contribution in [-0.4, -0.2) is 10.1 Å². The minimum Gasteiger partial charge on any atom is -0.353 e. The van der Waals surface area contributed by atoms with Gasteiger partial charge in [0.2, 0.25) is 0 Å². The van der Waals surface area contributed by atoms with Crippen molar-refractivity contribution in [1.82, 2.24) is 10.3 Å². The first-order chi connectivity index (χ1) is 11.1. The third kappa shape index (κ3) is 3.65. The molecule has 1 aliphatic carbocycles. The van der Waals surface area contributed by atoms with Gasteiger partial charge in [-0.05, 0) is 55.2 Å². The third-order valence-corrected chi connectivity index (χ3v) is 4.89. The highest BCUT2D eigenvalue weighted by molar-refractivity contribution is 7.80. The van der Waals surface area contributed by atoms with E-state index in [4.69, 9.17) is 23.8 Å². The first-order valence-electron chi connectivity index (χ1n) is 7.86. The average molecular weight is 346 g/mol. The van der Waals surface area contributed by atoms with Gasteiger partial charge in [0.1, 0.15) is 5.82 Å². The van der Waals surface area contributed by atoms with Crippen LogP contribution in [0.3, 0.4) is 0 Å². The number of aryl methyl sites for hydroxylation is 1. The molecule has 5 heteroatoms. The molecular weight excluding hydrogens is 326 g/mol. The van der Waals surface area contributed by atoms with E-state index in [0.29, 0.717) is 5.11 Å². The summed E-state index contributed by atoms with van der Waals surface area (Å²) >= 11 is 12.0. The summed E-state index contributed by atoms with van der Waals surface area (Å²) in [5.74, 6) is 0.750. The quantitative estimate of drug-likeness (QED) is 0.783. The van der Waals surface area contributed by atoms with Crippen LogP contribution in [0, 0.1) is 6.92 Å². The van der Waals surface area contributed by atoms with Crippen molar-refractivity contribution in [2.45, 2.75) is 38.1 Å². The molecule has 0 atom stereocenters. The summed E-state index contributed by atoms with van der Waals surface area (Å²) in [5.41, 5.74) is 2.06. The Kier molecular flexibility index (Phi) is 4.83. The normalized spacial score (nSPS) is 16.1. The summed E-state index contributed by atoms with van der Waals surface area (Å²) in [7, 11) is 0. The second kappa shape index (κ2) is 6.85. The van der Waals surface area contributed by atoms with Crippen molar-refractivity contribution in [2.24, 2.45) is 0 Å². The van der Waals surface area contributed by atoms with Crippen LogP contribution in [0.1, 0.15) is 36.8 Å². The molecule has 1 saturated carbocycles. The zero-order valence-electron chi connectivity index (χ0n) is 13.1. The molecule has 2 N–H and O–H groups in total. The summed E-state index contributed by atoms with van der Waals surface area (Å²) < 4.78 is 0. The molecule has 0 bridgehead atoms. The molecule has 1 fully saturated rings. The molecule has 3 rings (SSSR count). The highest BCUT2D eigenvalue weighted by Gasteiger charge is 2.37. The van der Waals surface area contributed by atoms with E-state index in [2.05, 4.69) is 21.7 Å². The zero-order valence-corrected chi connectivity index (χ0v) is 14.7. The fraction of sp³-hybridized carbons (Fsp3) is 0.333. The minimum atomic E-state index is -0.187. The van der Waals surface area contributed by atoms with Gasteiger partial charge in [0.15, 0.2) is 5.11 Å². The van der Waals surface area contributed by atoms with Crippen LogP contribution in [-0.2, 0) is 5.54 Å². The lowest BCUT2D eigenvalue weighted by atomic mass is 9.88. The number of thiocarbonyl (C=S) groups is 1. The van der Waals surface area contributed by atoms with Gasteiger partial charge in [-0.1, -0.05) is 48.7 Å². The fourth-order valence-electron chi connectivity index (χ4n) is 3.20. The van der Waals surface area contributed by atoms with Crippen LogP contribution < -0.4 is 10.6 Å². The Balaban J connectivity index is 1.79. The van der Waals surface area contributed by atoms with Crippen LogP contribution in [0.15, 0.2) is 42.6 Å². The Morgan fingerprint density at radius 1 is 1.17 bits per heavy atom. The molecule has 120 valence electrons. The van der Waals surface area contributed by atoms with Crippen LogP contribution in [0.4, 0.5) is 5.82 Å². The molecule has 1 heterocycles. The van der Waals surface area contributed by atoms with E-state index in [9.17, 15) is 0 Å². The van der Waals surface area contributed by atoms with E-state index in [1.54, 1.807) is 0 Å². The van der Waals surface area contributed by atoms with Gasteiger partial charge in [-0.25, -0.2) is 4.98 Å². The van der Waals surface area contributed by atoms with Crippen molar-refractivity contribution in [3.63, 3.8) is 0 Å². The Morgan fingerprint density at radius 3 is 2.57 bits per heavy atom. The van der Waals surface area contributed by atoms with Crippen LogP contribution in [0.2, 0.25) is 5.02 Å². The summed E-state index contributed by atoms with van der Waals surface area (Å²) in [5, 5.41) is 8.06. The average Bonchev–Trinajstić information content (AvgIpc) is 2.99. The van der Waals surface area contributed by atoms with Gasteiger partial charge in [-0.3, -0.25) is 0 Å². The van der Waals surface area contributed by atoms with E-state index < -0.39 is 0 Å². The second-order valence-corrected chi connectivity index (χ2v) is 6.88. The van der Waals surface area contributed by atoms with E-state index in [0.717, 1.165) is 34.8 Å². The lowest BCUT2D eigenvalue weighted by molar-refractivity contribution is 0.408. The maximum absolute atomic E-state index is 6.44. The number of halogens is 1. The SMILES string of the molecule is Cc1ccc(NC(=S)NC2(c3ccccc3Cl)CCCC2)nc1. The monoisotopic (exact) mass is 345 g/mol. The summed E-state index contributed by atoms with van der Waals surface area (Å²) in [6.07, 6.45) is 6.22. The van der Waals surface area contributed by atoms with Crippen molar-refractivity contribution in [1.29, 1.82) is 0 Å². The van der Waals surface area contributed by atoms with Gasteiger partial charge in [0.25, 0.3) is 0 Å². The third-order valence-electron chi connectivity index (χ3n) is 4.35. The minimum absolute atomic E-state index is 0.187. The molecule has 0 radical (unpaired) electrons. The van der Waals surface area contributed by atoms with Crippen molar-refractivity contribution in [3.05, 3.63) is 58.7 Å². The molecule has 1 aromatic heterocycles. The maximum Gasteiger partial charge on any atom is 0.172 e. The molecular formula is C18H20ClN3S. The summed E-state index contributed by atoms with van der Waals surface area (Å²) in [6.45, 7) is 2.01. The lowest BCUT2D eigenvalue weighted by Crippen LogP contribution is -2.46. The molecule has 0 spiro atoms. The first-order valence-corrected chi connectivity index (χ1v) is 8.64. The summed E-state index contributed by atoms with van der Waals surface area (Å²) in [6, 6.07) is 12.0. The Morgan fingerprint density at radius 2 is 1.91 bits per heavy atom. The van der Waals surface area contributed by atoms with Crippen LogP contribution in [0.5, 0.6) is 0 Å². The lowest BCUT2D eigenvalue weighted by Gasteiger charge is -2.33. The topological polar surface area (TPSA) is 37.0 Å². The summed E-state index contributed by atoms with van der Waals surface area (Å²) in [4.78, 5) is 4.34. The number of hydrogen-bond acceptors (Lipinski definition) is 2. The predicted octanol–water partition coefficient (Wildman–Crippen LogP) is 4.80. The second-order valence-electron chi connectivity index (χ2n) is 6.07. The molecule has 2 aromatic rings. The smallest absolute Gasteiger partial charge is 0.172 e. The zero-order chi connectivity index (χ0) is 16.3. The number of anilines is 1. The Bertz CT molecular complexity index is 694. The Hall–Kier alpha value is -1.65. The van der Waals surface area contributed by atoms with Gasteiger partial charge >= 0.3 is 0 Å². The van der Waals surface area contributed by atoms with Gasteiger partial charge in [0, 0.05) is 11.2 Å². The van der Waals surface area contributed by atoms with E-state index >= 15 is 0 Å². The molecule has 23 heavy (non-hydrogen) atoms. The molecule has 0 aliphatic heterocycles. The molecule has 0 unspecified atom stereocenters. The predicted molar refractivity (Wildman–Crippen MR) is 99.9 cm³/mol. The number of benzene rings is 1. The number of aromatic nitrogens is 1. The van der Waals surface area contributed by atoms with Crippen molar-refractivity contribution < 1.29 is 0 Å². The van der Waals surface area contributed by atoms with Gasteiger partial charge < -0.3 is 10.6 Å². The molecule has 3 nitrogen and oxygen atoms in total. The largest absolute Gasteiger partial charge is 0.353 e. The van der Waals surface area contributed by atoms with Crippen LogP contribution >= 0.6 is 23.8 Å². The van der Waals surface area contributed by atoms with E-state index in [1.165, 1.54) is 12.8 Å². The fourth-order valence-corrected chi connectivity index (χ4v) is 3.81. The van der Waals surface area contributed by atoms with Crippen molar-refractivity contribution in [2.75, 3.05) is 5.32 Å². The van der Waals surface area contributed by atoms with Gasteiger partial charge in [-0.15, -0.1) is 0 Å². The van der Waals surface area contributed by atoms with Gasteiger partial charge in [0.05, 0.1) is 5.54 Å². The van der Waals surface area contributed by atoms with Gasteiger partial charge in [-0.2, -0.15) is 0 Å². The van der Waals surface area contributed by atoms with Crippen LogP contribution in [0.25, 0.3) is 0 Å². The van der Waals surface area contributed by atoms with E-state index in [1.807, 2.05) is 43.5 Å². The number of rotatable bonds is 3. The van der Waals surface area contributed by atoms with E-state index in [-0.39, 0.29) is 5.54 Å². The standard InChI is InChI=1S/C18H20ClN3S/c1-13-8-9-16(20-12-13)21-17(23)22-18(10-4-5-11-18)14-6-2-3-7-15(14)19/h2-3,6-9,12H,4-5,10-11H2,1H3,(H2,20,21,22,23). The highest BCUT2D eigenvalue weighted by atomic mass is 35.5. The number of nitrogens with one attached hydrogen (secondary N) is 2. The number of pyridine rings is 1. The van der Waals surface area contributed by atoms with Crippen molar-refractivity contribution in [3.8, 4) is 0 Å².